The van der Waals surface area contributed by atoms with Gasteiger partial charge in [-0.25, -0.2) is 19.9 Å². The van der Waals surface area contributed by atoms with Crippen molar-refractivity contribution >= 4 is 67.2 Å². The van der Waals surface area contributed by atoms with Crippen molar-refractivity contribution in [1.29, 1.82) is 0 Å². The van der Waals surface area contributed by atoms with Crippen LogP contribution in [0.25, 0.3) is 43.6 Å². The number of benzene rings is 4. The number of hydrogen-bond donors (Lipinski definition) is 4. The summed E-state index contributed by atoms with van der Waals surface area (Å²) >= 11 is 0. The zero-order valence-corrected chi connectivity index (χ0v) is 36.8. The van der Waals surface area contributed by atoms with E-state index in [9.17, 15) is 19.2 Å². The lowest BCUT2D eigenvalue weighted by Crippen LogP contribution is -2.26. The number of pyridine rings is 4. The van der Waals surface area contributed by atoms with E-state index in [-0.39, 0.29) is 34.6 Å². The first-order valence-electron chi connectivity index (χ1n) is 22.0. The first kappa shape index (κ1) is 49.3. The van der Waals surface area contributed by atoms with Gasteiger partial charge in [0.1, 0.15) is 22.8 Å². The molecule has 0 fully saturated rings. The molecule has 14 heteroatoms. The Balaban J connectivity index is 0.000000240. The number of carbonyl (C=O) groups is 4. The van der Waals surface area contributed by atoms with Crippen molar-refractivity contribution in [2.24, 2.45) is 0 Å². The maximum Gasteiger partial charge on any atom is 0.269 e. The molecule has 0 saturated carbocycles. The SMILES string of the molecule is O.O.O=C(NCCCCCCNC(=O)c1ccc2ccccc2n1)c1ccc2ccccc2n1.O=C(NCCCCCCNC(=O)c1ccc2ccccc2n1)c1ccc2ccccc2n1. The molecule has 66 heavy (non-hydrogen) atoms. The predicted octanol–water partition coefficient (Wildman–Crippen LogP) is 7.36. The lowest BCUT2D eigenvalue weighted by atomic mass is 10.1. The van der Waals surface area contributed by atoms with E-state index in [4.69, 9.17) is 0 Å². The molecule has 4 aromatic heterocycles. The van der Waals surface area contributed by atoms with Crippen molar-refractivity contribution in [2.45, 2.75) is 51.4 Å². The van der Waals surface area contributed by atoms with Gasteiger partial charge in [0.2, 0.25) is 0 Å². The van der Waals surface area contributed by atoms with E-state index in [1.807, 2.05) is 121 Å². The zero-order chi connectivity index (χ0) is 44.4. The highest BCUT2D eigenvalue weighted by atomic mass is 16.2. The van der Waals surface area contributed by atoms with Crippen LogP contribution in [0.5, 0.6) is 0 Å². The first-order chi connectivity index (χ1) is 31.4. The second-order valence-corrected chi connectivity index (χ2v) is 15.4. The Hall–Kier alpha value is -7.68. The normalized spacial score (nSPS) is 10.5. The van der Waals surface area contributed by atoms with Crippen LogP contribution in [0.4, 0.5) is 0 Å². The summed E-state index contributed by atoms with van der Waals surface area (Å²) in [6.07, 6.45) is 7.48. The number of nitrogens with zero attached hydrogens (tertiary/aromatic N) is 4. The number of para-hydroxylation sites is 4. The van der Waals surface area contributed by atoms with E-state index in [0.717, 1.165) is 95.0 Å². The molecule has 0 aliphatic rings. The topological polar surface area (TPSA) is 231 Å². The van der Waals surface area contributed by atoms with Crippen LogP contribution in [-0.2, 0) is 0 Å². The van der Waals surface area contributed by atoms with Gasteiger partial charge in [-0.1, -0.05) is 123 Å². The Morgan fingerprint density at radius 2 is 0.500 bits per heavy atom. The molecule has 4 aromatic carbocycles. The molecule has 14 nitrogen and oxygen atoms in total. The quantitative estimate of drug-likeness (QED) is 0.0635. The standard InChI is InChI=1S/2C26H26N4O2.2H2O/c2*31-25(23-15-13-19-9-3-5-11-21(19)29-23)27-17-7-1-2-8-18-28-26(32)24-16-14-20-10-4-6-12-22(20)30-24;;/h2*3-6,9-16H,1-2,7-8,17-18H2,(H,27,31)(H,28,32);2*1H2. The van der Waals surface area contributed by atoms with Gasteiger partial charge in [0.15, 0.2) is 0 Å². The van der Waals surface area contributed by atoms with E-state index in [2.05, 4.69) is 41.2 Å². The number of amides is 4. The molecule has 8 aromatic rings. The average molecular weight is 889 g/mol. The van der Waals surface area contributed by atoms with Gasteiger partial charge in [-0.2, -0.15) is 0 Å². The van der Waals surface area contributed by atoms with Gasteiger partial charge < -0.3 is 32.2 Å². The number of rotatable bonds is 18. The van der Waals surface area contributed by atoms with Gasteiger partial charge in [-0.05, 0) is 74.2 Å². The number of fused-ring (bicyclic) bond motifs is 4. The molecule has 0 spiro atoms. The molecule has 340 valence electrons. The number of nitrogens with one attached hydrogen (secondary N) is 4. The number of carbonyl (C=O) groups excluding carboxylic acids is 4. The van der Waals surface area contributed by atoms with E-state index in [1.54, 1.807) is 24.3 Å². The van der Waals surface area contributed by atoms with E-state index >= 15 is 0 Å². The third kappa shape index (κ3) is 14.2. The smallest absolute Gasteiger partial charge is 0.269 e. The Morgan fingerprint density at radius 1 is 0.288 bits per heavy atom. The van der Waals surface area contributed by atoms with E-state index in [1.165, 1.54) is 0 Å². The number of aromatic nitrogens is 4. The molecule has 8 rings (SSSR count). The maximum absolute atomic E-state index is 12.3. The summed E-state index contributed by atoms with van der Waals surface area (Å²) in [5.74, 6) is -0.589. The average Bonchev–Trinajstić information content (AvgIpc) is 3.34. The molecule has 4 amide bonds. The van der Waals surface area contributed by atoms with Crippen molar-refractivity contribution in [3.8, 4) is 0 Å². The summed E-state index contributed by atoms with van der Waals surface area (Å²) in [4.78, 5) is 66.8. The summed E-state index contributed by atoms with van der Waals surface area (Å²) in [6.45, 7) is 2.45. The molecule has 0 bridgehead atoms. The Morgan fingerprint density at radius 3 is 0.727 bits per heavy atom. The summed E-state index contributed by atoms with van der Waals surface area (Å²) < 4.78 is 0. The van der Waals surface area contributed by atoms with E-state index in [0.29, 0.717) is 49.0 Å². The van der Waals surface area contributed by atoms with Gasteiger partial charge in [-0.15, -0.1) is 0 Å². The van der Waals surface area contributed by atoms with Crippen LogP contribution in [0.15, 0.2) is 146 Å². The van der Waals surface area contributed by atoms with Gasteiger partial charge in [-0.3, -0.25) is 19.2 Å². The zero-order valence-electron chi connectivity index (χ0n) is 36.8. The third-order valence-corrected chi connectivity index (χ3v) is 10.7. The summed E-state index contributed by atoms with van der Waals surface area (Å²) in [5, 5.41) is 15.8. The summed E-state index contributed by atoms with van der Waals surface area (Å²) in [6, 6.07) is 45.7. The molecule has 0 unspecified atom stereocenters. The highest BCUT2D eigenvalue weighted by molar-refractivity contribution is 5.97. The fraction of sp³-hybridized carbons (Fsp3) is 0.231. The second-order valence-electron chi connectivity index (χ2n) is 15.4. The predicted molar refractivity (Wildman–Crippen MR) is 260 cm³/mol. The van der Waals surface area contributed by atoms with Crippen LogP contribution >= 0.6 is 0 Å². The van der Waals surface area contributed by atoms with Crippen LogP contribution < -0.4 is 21.3 Å². The third-order valence-electron chi connectivity index (χ3n) is 10.7. The Labute approximate surface area is 383 Å². The largest absolute Gasteiger partial charge is 0.412 e. The van der Waals surface area contributed by atoms with Crippen molar-refractivity contribution in [3.05, 3.63) is 168 Å². The van der Waals surface area contributed by atoms with Crippen LogP contribution in [0, 0.1) is 0 Å². The van der Waals surface area contributed by atoms with Crippen molar-refractivity contribution in [2.75, 3.05) is 26.2 Å². The first-order valence-corrected chi connectivity index (χ1v) is 22.0. The summed E-state index contributed by atoms with van der Waals surface area (Å²) in [5.41, 5.74) is 5.04. The van der Waals surface area contributed by atoms with Gasteiger partial charge in [0, 0.05) is 47.7 Å². The Bertz CT molecular complexity index is 2480. The summed E-state index contributed by atoms with van der Waals surface area (Å²) in [7, 11) is 0. The lowest BCUT2D eigenvalue weighted by molar-refractivity contribution is 0.0938. The van der Waals surface area contributed by atoms with Crippen LogP contribution in [0.2, 0.25) is 0 Å². The minimum absolute atomic E-state index is 0. The lowest BCUT2D eigenvalue weighted by Gasteiger charge is -2.07. The Kier molecular flexibility index (Phi) is 19.1. The molecule has 0 aliphatic heterocycles. The minimum Gasteiger partial charge on any atom is -0.412 e. The van der Waals surface area contributed by atoms with Gasteiger partial charge >= 0.3 is 0 Å². The van der Waals surface area contributed by atoms with Crippen molar-refractivity contribution in [3.63, 3.8) is 0 Å². The van der Waals surface area contributed by atoms with Crippen LogP contribution in [0.3, 0.4) is 0 Å². The minimum atomic E-state index is -0.147. The van der Waals surface area contributed by atoms with Gasteiger partial charge in [0.05, 0.1) is 22.1 Å². The highest BCUT2D eigenvalue weighted by Crippen LogP contribution is 2.15. The monoisotopic (exact) mass is 888 g/mol. The van der Waals surface area contributed by atoms with Crippen molar-refractivity contribution in [1.82, 2.24) is 41.2 Å². The van der Waals surface area contributed by atoms with Gasteiger partial charge in [0.25, 0.3) is 23.6 Å². The molecule has 0 radical (unpaired) electrons. The molecule has 0 atom stereocenters. The maximum atomic E-state index is 12.3. The molecule has 0 aliphatic carbocycles. The van der Waals surface area contributed by atoms with E-state index < -0.39 is 0 Å². The molecular formula is C52H56N8O6. The number of unbranched alkanes of at least 4 members (excludes halogenated alkanes) is 6. The highest BCUT2D eigenvalue weighted by Gasteiger charge is 2.11. The second kappa shape index (κ2) is 25.6. The van der Waals surface area contributed by atoms with Crippen LogP contribution in [0.1, 0.15) is 93.3 Å². The fourth-order valence-electron chi connectivity index (χ4n) is 7.15. The molecule has 4 heterocycles. The molecule has 8 N–H and O–H groups in total. The number of hydrogen-bond acceptors (Lipinski definition) is 8. The van der Waals surface area contributed by atoms with Crippen molar-refractivity contribution < 1.29 is 30.1 Å². The fourth-order valence-corrected chi connectivity index (χ4v) is 7.15. The van der Waals surface area contributed by atoms with Crippen LogP contribution in [-0.4, -0.2) is 80.7 Å². The molecule has 0 saturated heterocycles. The molecular weight excluding hydrogens is 833 g/mol.